The third-order valence-electron chi connectivity index (χ3n) is 3.27. The second-order valence-electron chi connectivity index (χ2n) is 4.82. The molecule has 0 saturated carbocycles. The third-order valence-corrected chi connectivity index (χ3v) is 3.27. The van der Waals surface area contributed by atoms with E-state index in [-0.39, 0.29) is 17.2 Å². The first kappa shape index (κ1) is 12.0. The van der Waals surface area contributed by atoms with Crippen molar-refractivity contribution in [3.8, 4) is 0 Å². The van der Waals surface area contributed by atoms with Gasteiger partial charge in [-0.3, -0.25) is 10.3 Å². The molecule has 1 atom stereocenters. The fourth-order valence-corrected chi connectivity index (χ4v) is 2.32. The van der Waals surface area contributed by atoms with Crippen molar-refractivity contribution in [3.05, 3.63) is 35.1 Å². The molecule has 0 radical (unpaired) electrons. The number of benzene rings is 1. The maximum absolute atomic E-state index is 14.0. The Kier molecular flexibility index (Phi) is 3.43. The summed E-state index contributed by atoms with van der Waals surface area (Å²) in [7, 11) is 0. The van der Waals surface area contributed by atoms with E-state index in [4.69, 9.17) is 11.1 Å². The van der Waals surface area contributed by atoms with Crippen LogP contribution in [0, 0.1) is 17.1 Å². The van der Waals surface area contributed by atoms with Gasteiger partial charge in [0, 0.05) is 18.7 Å². The Morgan fingerprint density at radius 3 is 2.94 bits per heavy atom. The summed E-state index contributed by atoms with van der Waals surface area (Å²) >= 11 is 0. The first-order valence-electron chi connectivity index (χ1n) is 5.92. The molecule has 1 saturated heterocycles. The molecule has 3 nitrogen and oxygen atoms in total. The lowest BCUT2D eigenvalue weighted by Crippen LogP contribution is -2.21. The highest BCUT2D eigenvalue weighted by Gasteiger charge is 2.20. The first-order valence-corrected chi connectivity index (χ1v) is 5.92. The van der Waals surface area contributed by atoms with Crippen molar-refractivity contribution < 1.29 is 4.39 Å². The second kappa shape index (κ2) is 4.84. The molecule has 1 aliphatic rings. The molecule has 0 bridgehead atoms. The number of nitrogens with two attached hydrogens (primary N) is 1. The number of halogens is 1. The maximum Gasteiger partial charge on any atom is 0.138 e. The molecule has 3 N–H and O–H groups in total. The van der Waals surface area contributed by atoms with E-state index in [1.165, 1.54) is 6.42 Å². The monoisotopic (exact) mass is 235 g/mol. The summed E-state index contributed by atoms with van der Waals surface area (Å²) in [6, 6.07) is 5.08. The predicted molar refractivity (Wildman–Crippen MR) is 66.5 cm³/mol. The fraction of sp³-hybridized carbons (Fsp3) is 0.462. The second-order valence-corrected chi connectivity index (χ2v) is 4.82. The van der Waals surface area contributed by atoms with E-state index in [1.807, 2.05) is 0 Å². The van der Waals surface area contributed by atoms with Crippen molar-refractivity contribution in [3.63, 3.8) is 0 Å². The van der Waals surface area contributed by atoms with E-state index in [0.717, 1.165) is 13.1 Å². The van der Waals surface area contributed by atoms with Crippen LogP contribution in [0.3, 0.4) is 0 Å². The molecule has 2 rings (SSSR count). The number of likely N-dealkylation sites (tertiary alicyclic amines) is 1. The van der Waals surface area contributed by atoms with Crippen LogP contribution in [0.15, 0.2) is 18.2 Å². The van der Waals surface area contributed by atoms with Crippen LogP contribution in [0.2, 0.25) is 0 Å². The third kappa shape index (κ3) is 2.64. The smallest absolute Gasteiger partial charge is 0.138 e. The van der Waals surface area contributed by atoms with Crippen LogP contribution in [0.1, 0.15) is 24.5 Å². The number of nitrogen functional groups attached to an aromatic ring is 1. The van der Waals surface area contributed by atoms with Gasteiger partial charge in [0.25, 0.3) is 0 Å². The van der Waals surface area contributed by atoms with E-state index < -0.39 is 0 Å². The fourth-order valence-electron chi connectivity index (χ4n) is 2.32. The van der Waals surface area contributed by atoms with E-state index >= 15 is 0 Å². The zero-order valence-corrected chi connectivity index (χ0v) is 10.0. The van der Waals surface area contributed by atoms with Crippen molar-refractivity contribution in [1.82, 2.24) is 4.90 Å². The van der Waals surface area contributed by atoms with Crippen LogP contribution >= 0.6 is 0 Å². The Hall–Kier alpha value is -1.42. The molecule has 4 heteroatoms. The van der Waals surface area contributed by atoms with Crippen LogP contribution < -0.4 is 5.73 Å². The Morgan fingerprint density at radius 1 is 1.59 bits per heavy atom. The molecule has 92 valence electrons. The minimum absolute atomic E-state index is 0.203. The number of hydrogen-bond donors (Lipinski definition) is 2. The number of rotatable bonds is 3. The van der Waals surface area contributed by atoms with Gasteiger partial charge in [-0.15, -0.1) is 0 Å². The van der Waals surface area contributed by atoms with Gasteiger partial charge >= 0.3 is 0 Å². The van der Waals surface area contributed by atoms with Gasteiger partial charge in [0.05, 0.1) is 5.56 Å². The molecule has 1 fully saturated rings. The minimum atomic E-state index is -0.348. The average Bonchev–Trinajstić information content (AvgIpc) is 2.67. The molecule has 1 heterocycles. The van der Waals surface area contributed by atoms with E-state index in [1.54, 1.807) is 18.2 Å². The summed E-state index contributed by atoms with van der Waals surface area (Å²) in [4.78, 5) is 2.24. The number of amidine groups is 1. The van der Waals surface area contributed by atoms with Crippen LogP contribution in [0.4, 0.5) is 4.39 Å². The van der Waals surface area contributed by atoms with Crippen molar-refractivity contribution in [2.75, 3.05) is 13.1 Å². The Labute approximate surface area is 101 Å². The summed E-state index contributed by atoms with van der Waals surface area (Å²) in [5.41, 5.74) is 6.18. The van der Waals surface area contributed by atoms with E-state index in [9.17, 15) is 4.39 Å². The standard InChI is InChI=1S/C13H18FN3/c1-9-5-6-17(7-9)8-10-3-2-4-11(12(10)14)13(15)16/h2-4,9H,5-8H2,1H3,(H3,15,16). The summed E-state index contributed by atoms with van der Waals surface area (Å²) in [6.45, 7) is 4.86. The van der Waals surface area contributed by atoms with Crippen molar-refractivity contribution >= 4 is 5.84 Å². The van der Waals surface area contributed by atoms with Gasteiger partial charge in [-0.25, -0.2) is 4.39 Å². The highest BCUT2D eigenvalue weighted by atomic mass is 19.1. The highest BCUT2D eigenvalue weighted by molar-refractivity contribution is 5.95. The summed E-state index contributed by atoms with van der Waals surface area (Å²) in [5, 5.41) is 7.31. The molecule has 17 heavy (non-hydrogen) atoms. The van der Waals surface area contributed by atoms with Gasteiger partial charge < -0.3 is 5.73 Å². The lowest BCUT2D eigenvalue weighted by molar-refractivity contribution is 0.315. The van der Waals surface area contributed by atoms with Gasteiger partial charge in [-0.1, -0.05) is 19.1 Å². The largest absolute Gasteiger partial charge is 0.384 e. The van der Waals surface area contributed by atoms with Crippen LogP contribution in [-0.4, -0.2) is 23.8 Å². The van der Waals surface area contributed by atoms with E-state index in [0.29, 0.717) is 18.0 Å². The Morgan fingerprint density at radius 2 is 2.35 bits per heavy atom. The Bertz CT molecular complexity index is 431. The lowest BCUT2D eigenvalue weighted by Gasteiger charge is -2.16. The van der Waals surface area contributed by atoms with Crippen molar-refractivity contribution in [2.45, 2.75) is 19.9 Å². The molecule has 1 aromatic rings. The summed E-state index contributed by atoms with van der Waals surface area (Å²) < 4.78 is 14.0. The van der Waals surface area contributed by atoms with Crippen LogP contribution in [0.25, 0.3) is 0 Å². The highest BCUT2D eigenvalue weighted by Crippen LogP contribution is 2.20. The molecule has 0 amide bonds. The molecule has 0 aliphatic carbocycles. The quantitative estimate of drug-likeness (QED) is 0.621. The lowest BCUT2D eigenvalue weighted by atomic mass is 10.1. The molecule has 0 aromatic heterocycles. The van der Waals surface area contributed by atoms with Gasteiger partial charge in [-0.05, 0) is 24.9 Å². The summed E-state index contributed by atoms with van der Waals surface area (Å²) in [6.07, 6.45) is 1.17. The van der Waals surface area contributed by atoms with Gasteiger partial charge in [-0.2, -0.15) is 0 Å². The van der Waals surface area contributed by atoms with Crippen LogP contribution in [0.5, 0.6) is 0 Å². The maximum atomic E-state index is 14.0. The van der Waals surface area contributed by atoms with Gasteiger partial charge in [0.2, 0.25) is 0 Å². The van der Waals surface area contributed by atoms with Gasteiger partial charge in [0.1, 0.15) is 11.7 Å². The normalized spacial score (nSPS) is 20.7. The van der Waals surface area contributed by atoms with Crippen LogP contribution in [-0.2, 0) is 6.54 Å². The van der Waals surface area contributed by atoms with Crippen molar-refractivity contribution in [2.24, 2.45) is 11.7 Å². The zero-order chi connectivity index (χ0) is 12.4. The molecular formula is C13H18FN3. The number of hydrogen-bond acceptors (Lipinski definition) is 2. The van der Waals surface area contributed by atoms with Gasteiger partial charge in [0.15, 0.2) is 0 Å². The SMILES string of the molecule is CC1CCN(Cc2cccc(C(=N)N)c2F)C1. The number of nitrogens with zero attached hydrogens (tertiary/aromatic N) is 1. The van der Waals surface area contributed by atoms with Crippen molar-refractivity contribution in [1.29, 1.82) is 5.41 Å². The average molecular weight is 235 g/mol. The number of nitrogens with one attached hydrogen (secondary N) is 1. The molecule has 1 aromatic carbocycles. The van der Waals surface area contributed by atoms with E-state index in [2.05, 4.69) is 11.8 Å². The topological polar surface area (TPSA) is 53.1 Å². The molecular weight excluding hydrogens is 217 g/mol. The minimum Gasteiger partial charge on any atom is -0.384 e. The molecule has 1 unspecified atom stereocenters. The molecule has 1 aliphatic heterocycles. The predicted octanol–water partition coefficient (Wildman–Crippen LogP) is 1.95. The zero-order valence-electron chi connectivity index (χ0n) is 10.0. The first-order chi connectivity index (χ1) is 8.08. The Balaban J connectivity index is 2.16. The summed E-state index contributed by atoms with van der Waals surface area (Å²) in [5.74, 6) is 0.132. The molecule has 0 spiro atoms.